The smallest absolute Gasteiger partial charge is 0.235 e. The second-order valence-corrected chi connectivity index (χ2v) is 7.55. The number of rotatable bonds is 5. The van der Waals surface area contributed by atoms with Gasteiger partial charge in [0.25, 0.3) is 0 Å². The Hall–Kier alpha value is -2.86. The van der Waals surface area contributed by atoms with Crippen LogP contribution in [-0.2, 0) is 19.7 Å². The van der Waals surface area contributed by atoms with Crippen molar-refractivity contribution in [3.63, 3.8) is 0 Å². The molecule has 0 atom stereocenters. The molecule has 0 aromatic heterocycles. The molecule has 0 unspecified atom stereocenters. The third kappa shape index (κ3) is 3.72. The van der Waals surface area contributed by atoms with E-state index in [-0.39, 0.29) is 11.8 Å². The van der Waals surface area contributed by atoms with Gasteiger partial charge < -0.3 is 19.7 Å². The lowest BCUT2D eigenvalue weighted by Crippen LogP contribution is -2.44. The number of nitrogens with zero attached hydrogens (tertiary/aromatic N) is 1. The Morgan fingerprint density at radius 1 is 1.14 bits per heavy atom. The first-order chi connectivity index (χ1) is 14.1. The van der Waals surface area contributed by atoms with E-state index >= 15 is 0 Å². The molecule has 0 spiro atoms. The normalized spacial score (nSPS) is 18.5. The van der Waals surface area contributed by atoms with Crippen LogP contribution in [0, 0.1) is 0 Å². The van der Waals surface area contributed by atoms with Crippen molar-refractivity contribution < 1.29 is 19.1 Å². The molecule has 0 radical (unpaired) electrons. The maximum absolute atomic E-state index is 13.5. The number of amides is 2. The molecule has 2 aliphatic rings. The molecular weight excluding hydrogens is 368 g/mol. The quantitative estimate of drug-likeness (QED) is 0.843. The number of benzene rings is 2. The minimum atomic E-state index is -0.622. The Labute approximate surface area is 170 Å². The van der Waals surface area contributed by atoms with E-state index in [1.54, 1.807) is 18.1 Å². The van der Waals surface area contributed by atoms with E-state index in [2.05, 4.69) is 5.32 Å². The van der Waals surface area contributed by atoms with Crippen molar-refractivity contribution in [1.82, 2.24) is 0 Å². The molecule has 0 aliphatic carbocycles. The molecule has 2 heterocycles. The molecule has 1 N–H and O–H groups in total. The van der Waals surface area contributed by atoms with Gasteiger partial charge in [-0.3, -0.25) is 9.59 Å². The number of nitrogens with one attached hydrogen (secondary N) is 1. The number of anilines is 2. The van der Waals surface area contributed by atoms with Crippen LogP contribution in [0.2, 0.25) is 0 Å². The van der Waals surface area contributed by atoms with Crippen molar-refractivity contribution >= 4 is 23.2 Å². The molecule has 29 heavy (non-hydrogen) atoms. The van der Waals surface area contributed by atoms with Gasteiger partial charge in [-0.2, -0.15) is 0 Å². The number of hydrogen-bond donors (Lipinski definition) is 1. The number of carbonyl (C=O) groups is 2. The summed E-state index contributed by atoms with van der Waals surface area (Å²) in [6.45, 7) is 1.77. The Morgan fingerprint density at radius 3 is 2.55 bits per heavy atom. The molecule has 2 saturated heterocycles. The van der Waals surface area contributed by atoms with Crippen LogP contribution in [0.25, 0.3) is 0 Å². The predicted molar refractivity (Wildman–Crippen MR) is 111 cm³/mol. The average Bonchev–Trinajstić information content (AvgIpc) is 3.20. The van der Waals surface area contributed by atoms with Crippen LogP contribution >= 0.6 is 0 Å². The Bertz CT molecular complexity index is 891. The lowest BCUT2D eigenvalue weighted by Gasteiger charge is -2.36. The average molecular weight is 394 g/mol. The summed E-state index contributed by atoms with van der Waals surface area (Å²) in [4.78, 5) is 27.4. The summed E-state index contributed by atoms with van der Waals surface area (Å²) in [6, 6.07) is 15.3. The van der Waals surface area contributed by atoms with Crippen molar-refractivity contribution in [2.75, 3.05) is 37.1 Å². The highest BCUT2D eigenvalue weighted by Crippen LogP contribution is 2.38. The van der Waals surface area contributed by atoms with Gasteiger partial charge in [0, 0.05) is 31.9 Å². The molecule has 2 aliphatic heterocycles. The van der Waals surface area contributed by atoms with Gasteiger partial charge in [-0.25, -0.2) is 0 Å². The Kier molecular flexibility index (Phi) is 5.53. The molecule has 2 amide bonds. The summed E-state index contributed by atoms with van der Waals surface area (Å²) >= 11 is 0. The first-order valence-electron chi connectivity index (χ1n) is 10.1. The van der Waals surface area contributed by atoms with Crippen molar-refractivity contribution in [2.45, 2.75) is 31.1 Å². The van der Waals surface area contributed by atoms with Gasteiger partial charge in [-0.05, 0) is 43.0 Å². The summed E-state index contributed by atoms with van der Waals surface area (Å²) in [6.07, 6.45) is 2.64. The number of methoxy groups -OCH3 is 1. The minimum absolute atomic E-state index is 0.0455. The van der Waals surface area contributed by atoms with Crippen LogP contribution in [0.4, 0.5) is 11.4 Å². The highest BCUT2D eigenvalue weighted by atomic mass is 16.5. The summed E-state index contributed by atoms with van der Waals surface area (Å²) in [7, 11) is 1.59. The lowest BCUT2D eigenvalue weighted by atomic mass is 9.73. The van der Waals surface area contributed by atoms with Crippen molar-refractivity contribution in [3.8, 4) is 5.75 Å². The monoisotopic (exact) mass is 394 g/mol. The van der Waals surface area contributed by atoms with Gasteiger partial charge in [0.2, 0.25) is 11.8 Å². The van der Waals surface area contributed by atoms with E-state index in [1.807, 2.05) is 42.5 Å². The molecule has 2 aromatic rings. The molecule has 152 valence electrons. The molecule has 2 aromatic carbocycles. The Morgan fingerprint density at radius 2 is 1.90 bits per heavy atom. The third-order valence-corrected chi connectivity index (χ3v) is 5.91. The molecule has 0 bridgehead atoms. The first kappa shape index (κ1) is 19.5. The van der Waals surface area contributed by atoms with Crippen LogP contribution < -0.4 is 15.0 Å². The van der Waals surface area contributed by atoms with Gasteiger partial charge in [0.1, 0.15) is 5.75 Å². The van der Waals surface area contributed by atoms with Crippen LogP contribution in [0.1, 0.15) is 31.2 Å². The largest absolute Gasteiger partial charge is 0.495 e. The van der Waals surface area contributed by atoms with Gasteiger partial charge in [-0.1, -0.05) is 30.3 Å². The van der Waals surface area contributed by atoms with E-state index in [9.17, 15) is 9.59 Å². The molecular formula is C23H26N2O4. The lowest BCUT2D eigenvalue weighted by molar-refractivity contribution is -0.125. The van der Waals surface area contributed by atoms with Crippen LogP contribution in [-0.4, -0.2) is 38.7 Å². The molecule has 0 saturated carbocycles. The van der Waals surface area contributed by atoms with E-state index in [0.29, 0.717) is 56.1 Å². The van der Waals surface area contributed by atoms with Crippen molar-refractivity contribution in [2.24, 2.45) is 0 Å². The number of ether oxygens (including phenoxy) is 2. The standard InChI is InChI=1S/C23H26N2O4/c1-28-20-10-9-18(16-19(20)25-13-5-8-21(25)26)24-22(27)23(11-14-29-15-12-23)17-6-3-2-4-7-17/h2-4,6-7,9-10,16H,5,8,11-15H2,1H3,(H,24,27). The summed E-state index contributed by atoms with van der Waals surface area (Å²) in [5, 5.41) is 3.09. The molecule has 4 rings (SSSR count). The fourth-order valence-electron chi connectivity index (χ4n) is 4.26. The zero-order chi connectivity index (χ0) is 20.3. The van der Waals surface area contributed by atoms with Gasteiger partial charge >= 0.3 is 0 Å². The third-order valence-electron chi connectivity index (χ3n) is 5.91. The van der Waals surface area contributed by atoms with E-state index in [0.717, 1.165) is 12.0 Å². The number of hydrogen-bond acceptors (Lipinski definition) is 4. The fraction of sp³-hybridized carbons (Fsp3) is 0.391. The summed E-state index contributed by atoms with van der Waals surface area (Å²) in [5.41, 5.74) is 1.74. The number of carbonyl (C=O) groups excluding carboxylic acids is 2. The van der Waals surface area contributed by atoms with E-state index < -0.39 is 5.41 Å². The van der Waals surface area contributed by atoms with Gasteiger partial charge in [0.15, 0.2) is 0 Å². The van der Waals surface area contributed by atoms with Crippen LogP contribution in [0.5, 0.6) is 5.75 Å². The van der Waals surface area contributed by atoms with E-state index in [1.165, 1.54) is 0 Å². The highest BCUT2D eigenvalue weighted by Gasteiger charge is 2.41. The summed E-state index contributed by atoms with van der Waals surface area (Å²) < 4.78 is 11.0. The minimum Gasteiger partial charge on any atom is -0.495 e. The molecule has 6 heteroatoms. The Balaban J connectivity index is 1.64. The zero-order valence-corrected chi connectivity index (χ0v) is 16.6. The zero-order valence-electron chi connectivity index (χ0n) is 16.6. The van der Waals surface area contributed by atoms with Gasteiger partial charge in [-0.15, -0.1) is 0 Å². The van der Waals surface area contributed by atoms with Crippen LogP contribution in [0.15, 0.2) is 48.5 Å². The van der Waals surface area contributed by atoms with E-state index in [4.69, 9.17) is 9.47 Å². The first-order valence-corrected chi connectivity index (χ1v) is 10.1. The second kappa shape index (κ2) is 8.25. The maximum atomic E-state index is 13.5. The highest BCUT2D eigenvalue weighted by molar-refractivity contribution is 6.01. The van der Waals surface area contributed by atoms with Crippen molar-refractivity contribution in [3.05, 3.63) is 54.1 Å². The fourth-order valence-corrected chi connectivity index (χ4v) is 4.26. The predicted octanol–water partition coefficient (Wildman–Crippen LogP) is 3.51. The van der Waals surface area contributed by atoms with Crippen molar-refractivity contribution in [1.29, 1.82) is 0 Å². The summed E-state index contributed by atoms with van der Waals surface area (Å²) in [5.74, 6) is 0.662. The van der Waals surface area contributed by atoms with Crippen LogP contribution in [0.3, 0.4) is 0 Å². The SMILES string of the molecule is COc1ccc(NC(=O)C2(c3ccccc3)CCOCC2)cc1N1CCCC1=O. The maximum Gasteiger partial charge on any atom is 0.235 e. The van der Waals surface area contributed by atoms with Gasteiger partial charge in [0.05, 0.1) is 18.2 Å². The molecule has 2 fully saturated rings. The second-order valence-electron chi connectivity index (χ2n) is 7.55. The topological polar surface area (TPSA) is 67.9 Å². The molecule has 6 nitrogen and oxygen atoms in total.